The van der Waals surface area contributed by atoms with Crippen molar-refractivity contribution in [2.45, 2.75) is 44.8 Å². The second kappa shape index (κ2) is 6.47. The van der Waals surface area contributed by atoms with E-state index in [4.69, 9.17) is 0 Å². The average molecular weight is 301 g/mol. The first-order valence-corrected chi connectivity index (χ1v) is 6.41. The lowest BCUT2D eigenvalue weighted by Gasteiger charge is -2.16. The molecule has 1 aliphatic heterocycles. The Morgan fingerprint density at radius 3 is 2.45 bits per heavy atom. The van der Waals surface area contributed by atoms with Gasteiger partial charge >= 0.3 is 0 Å². The minimum atomic E-state index is -0.449. The Hall–Kier alpha value is -1.24. The highest BCUT2D eigenvalue weighted by molar-refractivity contribution is 5.94. The third-order valence-corrected chi connectivity index (χ3v) is 3.01. The number of hydrogen-bond acceptors (Lipinski definition) is 5. The molecule has 3 N–H and O–H groups in total. The second-order valence-corrected chi connectivity index (χ2v) is 5.88. The smallest absolute Gasteiger partial charge is 0.241 e. The van der Waals surface area contributed by atoms with E-state index in [2.05, 4.69) is 20.6 Å². The predicted molar refractivity (Wildman–Crippen MR) is 79.0 cm³/mol. The van der Waals surface area contributed by atoms with E-state index in [1.807, 2.05) is 20.8 Å². The lowest BCUT2D eigenvalue weighted by Crippen LogP contribution is -2.35. The molecular weight excluding hydrogens is 280 g/mol. The molecule has 0 aromatic carbocycles. The summed E-state index contributed by atoms with van der Waals surface area (Å²) < 4.78 is 0. The van der Waals surface area contributed by atoms with Crippen LogP contribution in [0.25, 0.3) is 0 Å². The summed E-state index contributed by atoms with van der Waals surface area (Å²) in [5.41, 5.74) is 0.459. The monoisotopic (exact) mass is 300 g/mol. The lowest BCUT2D eigenvalue weighted by atomic mass is 9.96. The zero-order valence-corrected chi connectivity index (χ0v) is 12.7. The van der Waals surface area contributed by atoms with Crippen molar-refractivity contribution in [1.29, 1.82) is 0 Å². The first kappa shape index (κ1) is 16.8. The van der Waals surface area contributed by atoms with Gasteiger partial charge in [-0.1, -0.05) is 20.8 Å². The van der Waals surface area contributed by atoms with Crippen molar-refractivity contribution >= 4 is 24.0 Å². The maximum Gasteiger partial charge on any atom is 0.241 e. The van der Waals surface area contributed by atoms with E-state index in [1.54, 1.807) is 12.4 Å². The summed E-state index contributed by atoms with van der Waals surface area (Å²) in [6, 6.07) is -0.350. The van der Waals surface area contributed by atoms with E-state index in [-0.39, 0.29) is 29.8 Å². The number of amides is 1. The van der Waals surface area contributed by atoms with Gasteiger partial charge in [-0.15, -0.1) is 12.4 Å². The number of rotatable bonds is 2. The number of nitrogens with one attached hydrogen (secondary N) is 2. The molecule has 2 unspecified atom stereocenters. The summed E-state index contributed by atoms with van der Waals surface area (Å²) in [6.45, 7) is 6.55. The summed E-state index contributed by atoms with van der Waals surface area (Å²) >= 11 is 0. The predicted octanol–water partition coefficient (Wildman–Crippen LogP) is 0.857. The maximum absolute atomic E-state index is 11.9. The van der Waals surface area contributed by atoms with Gasteiger partial charge in [-0.3, -0.25) is 4.79 Å². The molecule has 0 bridgehead atoms. The van der Waals surface area contributed by atoms with Crippen LogP contribution in [0.5, 0.6) is 0 Å². The standard InChI is InChI=1S/C13H20N4O2.ClH/c1-13(2,3)12-15-5-8(6-16-12)17-11(19)10-4-9(18)7-14-10;/h5-6,9-10,14,18H,4,7H2,1-3H3,(H,17,19);1H. The molecule has 0 aliphatic carbocycles. The Morgan fingerprint density at radius 2 is 2.00 bits per heavy atom. The minimum Gasteiger partial charge on any atom is -0.392 e. The normalized spacial score (nSPS) is 22.2. The van der Waals surface area contributed by atoms with Gasteiger partial charge in [0.1, 0.15) is 5.82 Å². The Bertz CT molecular complexity index is 458. The van der Waals surface area contributed by atoms with Gasteiger partial charge in [0.25, 0.3) is 0 Å². The average Bonchev–Trinajstić information content (AvgIpc) is 2.75. The van der Waals surface area contributed by atoms with Crippen molar-refractivity contribution in [1.82, 2.24) is 15.3 Å². The molecule has 2 rings (SSSR count). The summed E-state index contributed by atoms with van der Waals surface area (Å²) in [6.07, 6.45) is 3.20. The third kappa shape index (κ3) is 4.13. The Labute approximate surface area is 124 Å². The minimum absolute atomic E-state index is 0. The molecular formula is C13H21ClN4O2. The van der Waals surface area contributed by atoms with Crippen LogP contribution in [0, 0.1) is 0 Å². The van der Waals surface area contributed by atoms with Crippen molar-refractivity contribution in [3.05, 3.63) is 18.2 Å². The highest BCUT2D eigenvalue weighted by Crippen LogP contribution is 2.18. The fourth-order valence-corrected chi connectivity index (χ4v) is 1.93. The quantitative estimate of drug-likeness (QED) is 0.754. The molecule has 0 radical (unpaired) electrons. The van der Waals surface area contributed by atoms with E-state index < -0.39 is 6.10 Å². The number of nitrogens with zero attached hydrogens (tertiary/aromatic N) is 2. The molecule has 0 spiro atoms. The van der Waals surface area contributed by atoms with Crippen LogP contribution in [0.15, 0.2) is 12.4 Å². The van der Waals surface area contributed by atoms with Gasteiger partial charge in [-0.25, -0.2) is 9.97 Å². The number of hydrogen-bond donors (Lipinski definition) is 3. The van der Waals surface area contributed by atoms with Crippen LogP contribution in [0.1, 0.15) is 33.0 Å². The molecule has 20 heavy (non-hydrogen) atoms. The van der Waals surface area contributed by atoms with Crippen LogP contribution in [0.2, 0.25) is 0 Å². The number of aromatic nitrogens is 2. The first-order valence-electron chi connectivity index (χ1n) is 6.41. The van der Waals surface area contributed by atoms with Crippen LogP contribution in [-0.4, -0.2) is 39.7 Å². The molecule has 6 nitrogen and oxygen atoms in total. The van der Waals surface area contributed by atoms with Crippen molar-refractivity contribution < 1.29 is 9.90 Å². The topological polar surface area (TPSA) is 87.1 Å². The number of β-amino-alcohol motifs (C(OH)–C–C–N with tert-alkyl or cyclic N) is 1. The Balaban J connectivity index is 0.00000200. The fraction of sp³-hybridized carbons (Fsp3) is 0.615. The van der Waals surface area contributed by atoms with Crippen LogP contribution in [0.3, 0.4) is 0 Å². The van der Waals surface area contributed by atoms with Gasteiger partial charge in [0, 0.05) is 12.0 Å². The number of anilines is 1. The molecule has 2 heterocycles. The van der Waals surface area contributed by atoms with Gasteiger partial charge in [0.05, 0.1) is 30.2 Å². The van der Waals surface area contributed by atoms with Crippen molar-refractivity contribution in [2.75, 3.05) is 11.9 Å². The summed E-state index contributed by atoms with van der Waals surface area (Å²) in [5.74, 6) is 0.573. The Kier molecular flexibility index (Phi) is 5.44. The molecule has 2 atom stereocenters. The fourth-order valence-electron chi connectivity index (χ4n) is 1.93. The van der Waals surface area contributed by atoms with E-state index in [9.17, 15) is 9.90 Å². The third-order valence-electron chi connectivity index (χ3n) is 3.01. The number of carbonyl (C=O) groups excluding carboxylic acids is 1. The van der Waals surface area contributed by atoms with Gasteiger partial charge < -0.3 is 15.7 Å². The van der Waals surface area contributed by atoms with E-state index in [0.717, 1.165) is 5.82 Å². The van der Waals surface area contributed by atoms with Crippen molar-refractivity contribution in [3.63, 3.8) is 0 Å². The highest BCUT2D eigenvalue weighted by Gasteiger charge is 2.28. The number of halogens is 1. The van der Waals surface area contributed by atoms with Crippen molar-refractivity contribution in [2.24, 2.45) is 0 Å². The van der Waals surface area contributed by atoms with E-state index in [1.165, 1.54) is 0 Å². The highest BCUT2D eigenvalue weighted by atomic mass is 35.5. The molecule has 1 aromatic rings. The zero-order chi connectivity index (χ0) is 14.0. The zero-order valence-electron chi connectivity index (χ0n) is 11.9. The summed E-state index contributed by atoms with van der Waals surface area (Å²) in [4.78, 5) is 20.4. The number of aliphatic hydroxyl groups excluding tert-OH is 1. The van der Waals surface area contributed by atoms with Crippen LogP contribution in [-0.2, 0) is 10.2 Å². The molecule has 7 heteroatoms. The molecule has 1 fully saturated rings. The second-order valence-electron chi connectivity index (χ2n) is 5.88. The molecule has 1 amide bonds. The molecule has 112 valence electrons. The van der Waals surface area contributed by atoms with Gasteiger partial charge in [-0.2, -0.15) is 0 Å². The molecule has 1 aromatic heterocycles. The van der Waals surface area contributed by atoms with E-state index in [0.29, 0.717) is 18.7 Å². The van der Waals surface area contributed by atoms with Crippen LogP contribution in [0.4, 0.5) is 5.69 Å². The maximum atomic E-state index is 11.9. The largest absolute Gasteiger partial charge is 0.392 e. The van der Waals surface area contributed by atoms with E-state index >= 15 is 0 Å². The summed E-state index contributed by atoms with van der Waals surface area (Å²) in [7, 11) is 0. The van der Waals surface area contributed by atoms with Gasteiger partial charge in [-0.05, 0) is 6.42 Å². The molecule has 0 saturated carbocycles. The SMILES string of the molecule is CC(C)(C)c1ncc(NC(=O)C2CC(O)CN2)cn1.Cl. The number of aliphatic hydroxyl groups is 1. The van der Waals surface area contributed by atoms with Crippen LogP contribution < -0.4 is 10.6 Å². The molecule has 1 aliphatic rings. The van der Waals surface area contributed by atoms with Gasteiger partial charge in [0.15, 0.2) is 0 Å². The van der Waals surface area contributed by atoms with Crippen LogP contribution >= 0.6 is 12.4 Å². The van der Waals surface area contributed by atoms with Crippen molar-refractivity contribution in [3.8, 4) is 0 Å². The van der Waals surface area contributed by atoms with Gasteiger partial charge in [0.2, 0.25) is 5.91 Å². The summed E-state index contributed by atoms with van der Waals surface area (Å²) in [5, 5.41) is 15.1. The Morgan fingerprint density at radius 1 is 1.40 bits per heavy atom. The lowest BCUT2D eigenvalue weighted by molar-refractivity contribution is -0.117. The number of carbonyl (C=O) groups is 1. The first-order chi connectivity index (χ1) is 8.86. The molecule has 1 saturated heterocycles.